The Morgan fingerprint density at radius 2 is 1.61 bits per heavy atom. The van der Waals surface area contributed by atoms with Gasteiger partial charge in [0.15, 0.2) is 0 Å². The minimum absolute atomic E-state index is 0.690. The molecule has 0 radical (unpaired) electrons. The molecular weight excluding hydrogens is 220 g/mol. The van der Waals surface area contributed by atoms with Crippen molar-refractivity contribution in [3.8, 4) is 0 Å². The highest BCUT2D eigenvalue weighted by Crippen LogP contribution is 2.12. The molecule has 1 aromatic carbocycles. The van der Waals surface area contributed by atoms with Crippen molar-refractivity contribution in [2.75, 3.05) is 13.1 Å². The largest absolute Gasteiger partial charge is 0.357 e. The van der Waals surface area contributed by atoms with Crippen LogP contribution in [0.1, 0.15) is 50.7 Å². The van der Waals surface area contributed by atoms with Gasteiger partial charge in [-0.1, -0.05) is 51.0 Å². The number of aryl methyl sites for hydroxylation is 1. The first-order valence-electron chi connectivity index (χ1n) is 7.10. The average molecular weight is 246 g/mol. The molecule has 0 fully saturated rings. The Morgan fingerprint density at radius 1 is 1.06 bits per heavy atom. The summed E-state index contributed by atoms with van der Waals surface area (Å²) >= 11 is 0. The normalized spacial score (nSPS) is 10.4. The van der Waals surface area contributed by atoms with Crippen molar-refractivity contribution in [3.05, 3.63) is 35.4 Å². The Hall–Kier alpha value is -1.31. The number of hydrogen-bond acceptors (Lipinski definition) is 1. The summed E-state index contributed by atoms with van der Waals surface area (Å²) in [5.74, 6) is 0.690. The first kappa shape index (κ1) is 14.7. The molecule has 0 unspecified atom stereocenters. The average Bonchev–Trinajstić information content (AvgIpc) is 2.39. The van der Waals surface area contributed by atoms with Crippen LogP contribution in [0, 0.1) is 12.3 Å². The quantitative estimate of drug-likeness (QED) is 0.566. The van der Waals surface area contributed by atoms with Crippen molar-refractivity contribution in [2.45, 2.75) is 46.5 Å². The molecular formula is C16H26N2. The fourth-order valence-corrected chi connectivity index (χ4v) is 2.04. The van der Waals surface area contributed by atoms with Crippen molar-refractivity contribution in [1.29, 1.82) is 5.41 Å². The summed E-state index contributed by atoms with van der Waals surface area (Å²) in [7, 11) is 0. The number of amidine groups is 1. The highest BCUT2D eigenvalue weighted by molar-refractivity contribution is 5.97. The zero-order valence-corrected chi connectivity index (χ0v) is 12.0. The lowest BCUT2D eigenvalue weighted by Gasteiger charge is -2.26. The molecule has 0 spiro atoms. The van der Waals surface area contributed by atoms with Crippen molar-refractivity contribution in [3.63, 3.8) is 0 Å². The van der Waals surface area contributed by atoms with E-state index in [0.29, 0.717) is 5.84 Å². The van der Waals surface area contributed by atoms with Gasteiger partial charge in [-0.3, -0.25) is 5.41 Å². The fourth-order valence-electron chi connectivity index (χ4n) is 2.04. The predicted octanol–water partition coefficient (Wildman–Crippen LogP) is 4.22. The SMILES string of the molecule is CCCCN(CCCC)C(=N)c1ccccc1C. The molecule has 0 aliphatic heterocycles. The summed E-state index contributed by atoms with van der Waals surface area (Å²) < 4.78 is 0. The first-order valence-corrected chi connectivity index (χ1v) is 7.10. The van der Waals surface area contributed by atoms with Crippen molar-refractivity contribution in [2.24, 2.45) is 0 Å². The molecule has 0 aromatic heterocycles. The van der Waals surface area contributed by atoms with Gasteiger partial charge in [0.05, 0.1) is 0 Å². The van der Waals surface area contributed by atoms with E-state index in [0.717, 1.165) is 31.5 Å². The summed E-state index contributed by atoms with van der Waals surface area (Å²) in [6.07, 6.45) is 4.70. The van der Waals surface area contributed by atoms with Gasteiger partial charge in [0.25, 0.3) is 0 Å². The van der Waals surface area contributed by atoms with Crippen LogP contribution in [0.15, 0.2) is 24.3 Å². The second kappa shape index (κ2) is 7.91. The van der Waals surface area contributed by atoms with Crippen LogP contribution < -0.4 is 0 Å². The first-order chi connectivity index (χ1) is 8.70. The van der Waals surface area contributed by atoms with E-state index in [1.54, 1.807) is 0 Å². The molecule has 0 heterocycles. The molecule has 0 aliphatic carbocycles. The molecule has 100 valence electrons. The zero-order chi connectivity index (χ0) is 13.4. The third kappa shape index (κ3) is 4.17. The number of unbranched alkanes of at least 4 members (excludes halogenated alkanes) is 2. The summed E-state index contributed by atoms with van der Waals surface area (Å²) in [5, 5.41) is 8.41. The number of rotatable bonds is 7. The molecule has 18 heavy (non-hydrogen) atoms. The Bertz CT molecular complexity index is 363. The molecule has 1 aromatic rings. The molecule has 0 amide bonds. The van der Waals surface area contributed by atoms with Crippen molar-refractivity contribution in [1.82, 2.24) is 4.90 Å². The van der Waals surface area contributed by atoms with Crippen LogP contribution in [0.2, 0.25) is 0 Å². The molecule has 0 atom stereocenters. The molecule has 2 heteroatoms. The van der Waals surface area contributed by atoms with E-state index in [-0.39, 0.29) is 0 Å². The number of hydrogen-bond donors (Lipinski definition) is 1. The second-order valence-electron chi connectivity index (χ2n) is 4.86. The van der Waals surface area contributed by atoms with Crippen LogP contribution in [-0.4, -0.2) is 23.8 Å². The van der Waals surface area contributed by atoms with Gasteiger partial charge in [0, 0.05) is 18.7 Å². The number of benzene rings is 1. The predicted molar refractivity (Wildman–Crippen MR) is 79.4 cm³/mol. The van der Waals surface area contributed by atoms with Crippen LogP contribution in [0.5, 0.6) is 0 Å². The van der Waals surface area contributed by atoms with Gasteiger partial charge in [-0.15, -0.1) is 0 Å². The summed E-state index contributed by atoms with van der Waals surface area (Å²) in [6, 6.07) is 8.20. The smallest absolute Gasteiger partial charge is 0.128 e. The zero-order valence-electron chi connectivity index (χ0n) is 12.0. The van der Waals surface area contributed by atoms with E-state index in [4.69, 9.17) is 5.41 Å². The second-order valence-corrected chi connectivity index (χ2v) is 4.86. The minimum atomic E-state index is 0.690. The highest BCUT2D eigenvalue weighted by atomic mass is 15.2. The maximum atomic E-state index is 8.41. The van der Waals surface area contributed by atoms with E-state index < -0.39 is 0 Å². The molecule has 0 saturated carbocycles. The summed E-state index contributed by atoms with van der Waals surface area (Å²) in [6.45, 7) is 8.50. The third-order valence-electron chi connectivity index (χ3n) is 3.28. The number of nitrogens with zero attached hydrogens (tertiary/aromatic N) is 1. The van der Waals surface area contributed by atoms with E-state index >= 15 is 0 Å². The van der Waals surface area contributed by atoms with Gasteiger partial charge in [0.2, 0.25) is 0 Å². The van der Waals surface area contributed by atoms with Crippen LogP contribution >= 0.6 is 0 Å². The van der Waals surface area contributed by atoms with Gasteiger partial charge in [-0.25, -0.2) is 0 Å². The third-order valence-corrected chi connectivity index (χ3v) is 3.28. The van der Waals surface area contributed by atoms with E-state index in [1.807, 2.05) is 12.1 Å². The molecule has 1 N–H and O–H groups in total. The van der Waals surface area contributed by atoms with E-state index in [1.165, 1.54) is 18.4 Å². The number of nitrogens with one attached hydrogen (secondary N) is 1. The lowest BCUT2D eigenvalue weighted by Crippen LogP contribution is -2.33. The molecule has 2 nitrogen and oxygen atoms in total. The van der Waals surface area contributed by atoms with E-state index in [9.17, 15) is 0 Å². The Morgan fingerprint density at radius 3 is 2.11 bits per heavy atom. The lowest BCUT2D eigenvalue weighted by molar-refractivity contribution is 0.396. The van der Waals surface area contributed by atoms with Gasteiger partial charge in [0.1, 0.15) is 5.84 Å². The van der Waals surface area contributed by atoms with Gasteiger partial charge in [-0.2, -0.15) is 0 Å². The maximum absolute atomic E-state index is 8.41. The van der Waals surface area contributed by atoms with Crippen LogP contribution in [0.25, 0.3) is 0 Å². The van der Waals surface area contributed by atoms with Gasteiger partial charge < -0.3 is 4.90 Å². The van der Waals surface area contributed by atoms with Gasteiger partial charge >= 0.3 is 0 Å². The topological polar surface area (TPSA) is 27.1 Å². The van der Waals surface area contributed by atoms with Crippen molar-refractivity contribution >= 4 is 5.84 Å². The van der Waals surface area contributed by atoms with Crippen LogP contribution in [-0.2, 0) is 0 Å². The maximum Gasteiger partial charge on any atom is 0.128 e. The monoisotopic (exact) mass is 246 g/mol. The van der Waals surface area contributed by atoms with Crippen LogP contribution in [0.4, 0.5) is 0 Å². The van der Waals surface area contributed by atoms with Gasteiger partial charge in [-0.05, 0) is 25.3 Å². The fraction of sp³-hybridized carbons (Fsp3) is 0.562. The van der Waals surface area contributed by atoms with Crippen molar-refractivity contribution < 1.29 is 0 Å². The highest BCUT2D eigenvalue weighted by Gasteiger charge is 2.12. The summed E-state index contributed by atoms with van der Waals surface area (Å²) in [4.78, 5) is 2.23. The molecule has 0 aliphatic rings. The Labute approximate surface area is 112 Å². The molecule has 1 rings (SSSR count). The molecule has 0 saturated heterocycles. The Kier molecular flexibility index (Phi) is 6.48. The van der Waals surface area contributed by atoms with Crippen LogP contribution in [0.3, 0.4) is 0 Å². The lowest BCUT2D eigenvalue weighted by atomic mass is 10.1. The molecule has 0 bridgehead atoms. The standard InChI is InChI=1S/C16H26N2/c1-4-6-12-18(13-7-5-2)16(17)15-11-9-8-10-14(15)3/h8-11,17H,4-7,12-13H2,1-3H3. The Balaban J connectivity index is 2.77. The van der Waals surface area contributed by atoms with E-state index in [2.05, 4.69) is 37.8 Å². The minimum Gasteiger partial charge on any atom is -0.357 e. The summed E-state index contributed by atoms with van der Waals surface area (Å²) in [5.41, 5.74) is 2.27.